The Morgan fingerprint density at radius 2 is 2.00 bits per heavy atom. The second kappa shape index (κ2) is 7.25. The number of benzene rings is 1. The van der Waals surface area contributed by atoms with E-state index in [-0.39, 0.29) is 0 Å². The zero-order chi connectivity index (χ0) is 15.4. The van der Waals surface area contributed by atoms with E-state index in [4.69, 9.17) is 23.2 Å². The maximum Gasteiger partial charge on any atom is 0.259 e. The first-order chi connectivity index (χ1) is 10.0. The third-order valence-corrected chi connectivity index (χ3v) is 4.47. The molecule has 6 heteroatoms. The Bertz CT molecular complexity index is 610. The minimum Gasteiger partial charge on any atom is -0.300 e. The van der Waals surface area contributed by atoms with Gasteiger partial charge in [-0.1, -0.05) is 61.3 Å². The van der Waals surface area contributed by atoms with Gasteiger partial charge in [0.15, 0.2) is 9.97 Å². The SMILES string of the molecule is CCC(C)c1ccc(-c2csc(NC(=O)C(Cl)Cl)n2)cc1. The zero-order valence-electron chi connectivity index (χ0n) is 11.8. The minimum absolute atomic E-state index is 0.466. The highest BCUT2D eigenvalue weighted by molar-refractivity contribution is 7.14. The molecular weight excluding hydrogens is 327 g/mol. The maximum atomic E-state index is 11.4. The molecule has 2 aromatic rings. The molecule has 1 aromatic carbocycles. The van der Waals surface area contributed by atoms with E-state index in [0.717, 1.165) is 17.7 Å². The lowest BCUT2D eigenvalue weighted by Crippen LogP contribution is -2.18. The van der Waals surface area contributed by atoms with Gasteiger partial charge in [0.2, 0.25) is 0 Å². The molecule has 21 heavy (non-hydrogen) atoms. The lowest BCUT2D eigenvalue weighted by Gasteiger charge is -2.08. The molecule has 1 heterocycles. The lowest BCUT2D eigenvalue weighted by molar-refractivity contribution is -0.114. The molecule has 0 aliphatic carbocycles. The fourth-order valence-electron chi connectivity index (χ4n) is 1.84. The molecule has 0 saturated heterocycles. The highest BCUT2D eigenvalue weighted by Crippen LogP contribution is 2.27. The summed E-state index contributed by atoms with van der Waals surface area (Å²) < 4.78 is 0. The molecule has 0 radical (unpaired) electrons. The maximum absolute atomic E-state index is 11.4. The van der Waals surface area contributed by atoms with Crippen LogP contribution in [0, 0.1) is 0 Å². The molecule has 0 bridgehead atoms. The van der Waals surface area contributed by atoms with Crippen molar-refractivity contribution in [2.45, 2.75) is 31.0 Å². The van der Waals surface area contributed by atoms with Crippen molar-refractivity contribution in [2.75, 3.05) is 5.32 Å². The minimum atomic E-state index is -1.09. The van der Waals surface area contributed by atoms with Crippen LogP contribution in [0.2, 0.25) is 0 Å². The lowest BCUT2D eigenvalue weighted by atomic mass is 9.97. The van der Waals surface area contributed by atoms with Crippen LogP contribution < -0.4 is 5.32 Å². The van der Waals surface area contributed by atoms with Crippen molar-refractivity contribution >= 4 is 45.6 Å². The first-order valence-corrected chi connectivity index (χ1v) is 8.41. The molecule has 3 nitrogen and oxygen atoms in total. The zero-order valence-corrected chi connectivity index (χ0v) is 14.1. The second-order valence-electron chi connectivity index (χ2n) is 4.76. The summed E-state index contributed by atoms with van der Waals surface area (Å²) in [4.78, 5) is 14.7. The Morgan fingerprint density at radius 1 is 1.33 bits per heavy atom. The molecule has 1 atom stereocenters. The predicted octanol–water partition coefficient (Wildman–Crippen LogP) is 5.07. The predicted molar refractivity (Wildman–Crippen MR) is 90.4 cm³/mol. The van der Waals surface area contributed by atoms with Gasteiger partial charge >= 0.3 is 0 Å². The number of carbonyl (C=O) groups is 1. The summed E-state index contributed by atoms with van der Waals surface area (Å²) in [5.41, 5.74) is 3.16. The van der Waals surface area contributed by atoms with Gasteiger partial charge in [-0.05, 0) is 17.9 Å². The number of hydrogen-bond acceptors (Lipinski definition) is 3. The van der Waals surface area contributed by atoms with Crippen LogP contribution in [0.3, 0.4) is 0 Å². The van der Waals surface area contributed by atoms with Crippen molar-refractivity contribution in [3.05, 3.63) is 35.2 Å². The van der Waals surface area contributed by atoms with Gasteiger partial charge in [-0.15, -0.1) is 11.3 Å². The van der Waals surface area contributed by atoms with Crippen LogP contribution in [0.4, 0.5) is 5.13 Å². The van der Waals surface area contributed by atoms with Crippen molar-refractivity contribution in [1.29, 1.82) is 0 Å². The summed E-state index contributed by atoms with van der Waals surface area (Å²) in [6, 6.07) is 8.34. The van der Waals surface area contributed by atoms with Gasteiger partial charge in [0.05, 0.1) is 5.69 Å². The fourth-order valence-corrected chi connectivity index (χ4v) is 2.67. The first-order valence-electron chi connectivity index (χ1n) is 6.66. The summed E-state index contributed by atoms with van der Waals surface area (Å²) in [7, 11) is 0. The van der Waals surface area contributed by atoms with Gasteiger partial charge in [-0.3, -0.25) is 10.1 Å². The number of rotatable bonds is 5. The Kier molecular flexibility index (Phi) is 5.62. The molecule has 2 rings (SSSR count). The van der Waals surface area contributed by atoms with Crippen molar-refractivity contribution in [1.82, 2.24) is 4.98 Å². The summed E-state index contributed by atoms with van der Waals surface area (Å²) in [6.07, 6.45) is 1.12. The summed E-state index contributed by atoms with van der Waals surface area (Å²) in [5.74, 6) is 0.0834. The monoisotopic (exact) mass is 342 g/mol. The molecule has 0 spiro atoms. The van der Waals surface area contributed by atoms with Crippen LogP contribution in [0.1, 0.15) is 31.7 Å². The van der Waals surface area contributed by atoms with Gasteiger partial charge in [0, 0.05) is 10.9 Å². The highest BCUT2D eigenvalue weighted by atomic mass is 35.5. The Balaban J connectivity index is 2.12. The number of carbonyl (C=O) groups excluding carboxylic acids is 1. The molecule has 0 fully saturated rings. The summed E-state index contributed by atoms with van der Waals surface area (Å²) in [6.45, 7) is 4.38. The molecule has 0 aliphatic heterocycles. The highest BCUT2D eigenvalue weighted by Gasteiger charge is 2.14. The molecule has 0 aliphatic rings. The van der Waals surface area contributed by atoms with E-state index in [1.54, 1.807) is 0 Å². The van der Waals surface area contributed by atoms with E-state index in [0.29, 0.717) is 11.0 Å². The Hall–Kier alpha value is -1.10. The van der Waals surface area contributed by atoms with Gasteiger partial charge in [0.1, 0.15) is 0 Å². The summed E-state index contributed by atoms with van der Waals surface area (Å²) >= 11 is 12.3. The van der Waals surface area contributed by atoms with Crippen molar-refractivity contribution in [3.63, 3.8) is 0 Å². The van der Waals surface area contributed by atoms with Crippen molar-refractivity contribution in [3.8, 4) is 11.3 Å². The molecule has 1 N–H and O–H groups in total. The quantitative estimate of drug-likeness (QED) is 0.771. The average molecular weight is 343 g/mol. The first kappa shape index (κ1) is 16.3. The van der Waals surface area contributed by atoms with Crippen LogP contribution in [0.25, 0.3) is 11.3 Å². The third kappa shape index (κ3) is 4.19. The number of anilines is 1. The van der Waals surface area contributed by atoms with Crippen LogP contribution in [-0.4, -0.2) is 15.7 Å². The number of alkyl halides is 2. The molecule has 1 aromatic heterocycles. The number of halogens is 2. The smallest absolute Gasteiger partial charge is 0.259 e. The second-order valence-corrected chi connectivity index (χ2v) is 6.71. The number of aromatic nitrogens is 1. The van der Waals surface area contributed by atoms with Crippen molar-refractivity contribution < 1.29 is 4.79 Å². The van der Waals surface area contributed by atoms with Gasteiger partial charge in [0.25, 0.3) is 5.91 Å². The Morgan fingerprint density at radius 3 is 2.57 bits per heavy atom. The molecule has 1 unspecified atom stereocenters. The number of amides is 1. The van der Waals surface area contributed by atoms with E-state index in [2.05, 4.69) is 36.3 Å². The van der Waals surface area contributed by atoms with E-state index < -0.39 is 10.7 Å². The van der Waals surface area contributed by atoms with Gasteiger partial charge in [-0.25, -0.2) is 4.98 Å². The van der Waals surface area contributed by atoms with Crippen LogP contribution in [0.15, 0.2) is 29.6 Å². The van der Waals surface area contributed by atoms with Crippen LogP contribution >= 0.6 is 34.5 Å². The van der Waals surface area contributed by atoms with Gasteiger partial charge in [-0.2, -0.15) is 0 Å². The number of thiazole rings is 1. The van der Waals surface area contributed by atoms with E-state index >= 15 is 0 Å². The van der Waals surface area contributed by atoms with E-state index in [1.807, 2.05) is 17.5 Å². The standard InChI is InChI=1S/C15H16Cl2N2OS/c1-3-9(2)10-4-6-11(7-5-10)12-8-21-15(18-12)19-14(20)13(16)17/h4-9,13H,3H2,1-2H3,(H,18,19,20). The van der Waals surface area contributed by atoms with Crippen LogP contribution in [-0.2, 0) is 4.79 Å². The number of hydrogen-bond donors (Lipinski definition) is 1. The van der Waals surface area contributed by atoms with E-state index in [1.165, 1.54) is 16.9 Å². The Labute approximate surface area is 138 Å². The topological polar surface area (TPSA) is 42.0 Å². The fraction of sp³-hybridized carbons (Fsp3) is 0.333. The van der Waals surface area contributed by atoms with E-state index in [9.17, 15) is 4.79 Å². The normalized spacial score (nSPS) is 12.4. The van der Waals surface area contributed by atoms with Crippen molar-refractivity contribution in [2.24, 2.45) is 0 Å². The summed E-state index contributed by atoms with van der Waals surface area (Å²) in [5, 5.41) is 4.96. The molecule has 0 saturated carbocycles. The molecule has 1 amide bonds. The molecular formula is C15H16Cl2N2OS. The number of nitrogens with zero attached hydrogens (tertiary/aromatic N) is 1. The largest absolute Gasteiger partial charge is 0.300 e. The number of nitrogens with one attached hydrogen (secondary N) is 1. The third-order valence-electron chi connectivity index (χ3n) is 3.32. The van der Waals surface area contributed by atoms with Crippen LogP contribution in [0.5, 0.6) is 0 Å². The van der Waals surface area contributed by atoms with Gasteiger partial charge < -0.3 is 0 Å². The molecule has 112 valence electrons. The average Bonchev–Trinajstić information content (AvgIpc) is 2.95.